The Morgan fingerprint density at radius 2 is 2.10 bits per heavy atom. The Bertz CT molecular complexity index is 604. The molecule has 7 nitrogen and oxygen atoms in total. The first kappa shape index (κ1) is 18.1. The molecule has 0 bridgehead atoms. The van der Waals surface area contributed by atoms with Crippen LogP contribution in [0.15, 0.2) is 27.6 Å². The van der Waals surface area contributed by atoms with E-state index in [0.717, 1.165) is 6.07 Å². The molecule has 1 rings (SSSR count). The van der Waals surface area contributed by atoms with Gasteiger partial charge in [0.1, 0.15) is 0 Å². The molecular formula is C12H16BrNO6S. The number of halogens is 1. The second-order valence-electron chi connectivity index (χ2n) is 4.11. The molecule has 0 aliphatic heterocycles. The van der Waals surface area contributed by atoms with Gasteiger partial charge < -0.3 is 14.6 Å². The Hall–Kier alpha value is -1.00. The van der Waals surface area contributed by atoms with E-state index in [4.69, 9.17) is 14.6 Å². The summed E-state index contributed by atoms with van der Waals surface area (Å²) in [4.78, 5) is 10.9. The first-order valence-electron chi connectivity index (χ1n) is 5.86. The van der Waals surface area contributed by atoms with E-state index < -0.39 is 22.1 Å². The van der Waals surface area contributed by atoms with Gasteiger partial charge in [0.05, 0.1) is 23.2 Å². The maximum atomic E-state index is 12.1. The topological polar surface area (TPSA) is 102 Å². The fraction of sp³-hybridized carbons (Fsp3) is 0.417. The normalized spacial score (nSPS) is 13.1. The summed E-state index contributed by atoms with van der Waals surface area (Å²) in [6, 6.07) is 3.78. The Kier molecular flexibility index (Phi) is 6.75. The number of rotatable bonds is 8. The number of hydrogen-bond acceptors (Lipinski definition) is 5. The summed E-state index contributed by atoms with van der Waals surface area (Å²) < 4.78 is 36.9. The van der Waals surface area contributed by atoms with Crippen molar-refractivity contribution in [2.24, 2.45) is 0 Å². The quantitative estimate of drug-likeness (QED) is 0.698. The Balaban J connectivity index is 2.93. The molecule has 1 aromatic carbocycles. The van der Waals surface area contributed by atoms with Crippen LogP contribution in [0.2, 0.25) is 0 Å². The van der Waals surface area contributed by atoms with Crippen LogP contribution in [-0.2, 0) is 19.5 Å². The predicted molar refractivity (Wildman–Crippen MR) is 79.0 cm³/mol. The molecule has 1 atom stereocenters. The van der Waals surface area contributed by atoms with Crippen molar-refractivity contribution in [2.45, 2.75) is 11.0 Å². The van der Waals surface area contributed by atoms with E-state index in [0.29, 0.717) is 4.47 Å². The molecule has 0 amide bonds. The van der Waals surface area contributed by atoms with Crippen molar-refractivity contribution in [3.8, 4) is 0 Å². The Morgan fingerprint density at radius 1 is 1.43 bits per heavy atom. The molecule has 0 aromatic heterocycles. The summed E-state index contributed by atoms with van der Waals surface area (Å²) >= 11 is 3.06. The molecule has 0 saturated carbocycles. The lowest BCUT2D eigenvalue weighted by molar-refractivity contribution is 0.0320. The van der Waals surface area contributed by atoms with E-state index in [2.05, 4.69) is 20.7 Å². The van der Waals surface area contributed by atoms with Crippen molar-refractivity contribution in [3.63, 3.8) is 0 Å². The number of nitrogens with one attached hydrogen (secondary N) is 1. The number of benzene rings is 1. The van der Waals surface area contributed by atoms with Crippen molar-refractivity contribution < 1.29 is 27.8 Å². The van der Waals surface area contributed by atoms with E-state index in [9.17, 15) is 13.2 Å². The highest BCUT2D eigenvalue weighted by molar-refractivity contribution is 9.10. The molecule has 21 heavy (non-hydrogen) atoms. The van der Waals surface area contributed by atoms with Crippen molar-refractivity contribution in [2.75, 3.05) is 27.4 Å². The fourth-order valence-electron chi connectivity index (χ4n) is 1.52. The van der Waals surface area contributed by atoms with Crippen molar-refractivity contribution in [1.29, 1.82) is 0 Å². The minimum absolute atomic E-state index is 0.0190. The van der Waals surface area contributed by atoms with Gasteiger partial charge in [-0.25, -0.2) is 17.9 Å². The highest BCUT2D eigenvalue weighted by Gasteiger charge is 2.19. The van der Waals surface area contributed by atoms with E-state index in [-0.39, 0.29) is 23.6 Å². The molecule has 118 valence electrons. The molecule has 1 aromatic rings. The zero-order chi connectivity index (χ0) is 16.0. The van der Waals surface area contributed by atoms with E-state index >= 15 is 0 Å². The lowest BCUT2D eigenvalue weighted by Gasteiger charge is -2.15. The average molecular weight is 382 g/mol. The van der Waals surface area contributed by atoms with Crippen LogP contribution in [-0.4, -0.2) is 53.0 Å². The highest BCUT2D eigenvalue weighted by atomic mass is 79.9. The lowest BCUT2D eigenvalue weighted by Crippen LogP contribution is -2.35. The number of carboxylic acids is 1. The highest BCUT2D eigenvalue weighted by Crippen LogP contribution is 2.21. The predicted octanol–water partition coefficient (Wildman–Crippen LogP) is 1.09. The molecule has 0 saturated heterocycles. The van der Waals surface area contributed by atoms with Crippen LogP contribution in [0.3, 0.4) is 0 Å². The smallest absolute Gasteiger partial charge is 0.336 e. The summed E-state index contributed by atoms with van der Waals surface area (Å²) in [6.07, 6.45) is -0.431. The number of ether oxygens (including phenoxy) is 2. The fourth-order valence-corrected chi connectivity index (χ4v) is 3.03. The third kappa shape index (κ3) is 5.04. The first-order chi connectivity index (χ1) is 9.81. The molecule has 2 N–H and O–H groups in total. The number of aromatic carboxylic acids is 1. The van der Waals surface area contributed by atoms with E-state index in [1.807, 2.05) is 0 Å². The summed E-state index contributed by atoms with van der Waals surface area (Å²) in [5.41, 5.74) is -0.127. The molecule has 0 aliphatic carbocycles. The van der Waals surface area contributed by atoms with Crippen molar-refractivity contribution >= 4 is 31.9 Å². The third-order valence-electron chi connectivity index (χ3n) is 2.67. The van der Waals surface area contributed by atoms with Crippen LogP contribution in [0.5, 0.6) is 0 Å². The van der Waals surface area contributed by atoms with Gasteiger partial charge in [0, 0.05) is 25.2 Å². The average Bonchev–Trinajstić information content (AvgIpc) is 2.43. The molecule has 0 fully saturated rings. The molecule has 1 unspecified atom stereocenters. The van der Waals surface area contributed by atoms with Crippen LogP contribution < -0.4 is 4.72 Å². The summed E-state index contributed by atoms with van der Waals surface area (Å²) in [6.45, 7) is 0.255. The largest absolute Gasteiger partial charge is 0.478 e. The van der Waals surface area contributed by atoms with Crippen LogP contribution in [0, 0.1) is 0 Å². The van der Waals surface area contributed by atoms with Crippen LogP contribution in [0.1, 0.15) is 10.4 Å². The third-order valence-corrected chi connectivity index (χ3v) is 4.78. The molecule has 0 heterocycles. The minimum Gasteiger partial charge on any atom is -0.478 e. The number of methoxy groups -OCH3 is 2. The van der Waals surface area contributed by atoms with E-state index in [1.165, 1.54) is 26.4 Å². The SMILES string of the molecule is COCC(CNS(=O)(=O)c1ccc(Br)c(C(=O)O)c1)OC. The van der Waals surface area contributed by atoms with Gasteiger partial charge in [-0.3, -0.25) is 0 Å². The Morgan fingerprint density at radius 3 is 2.62 bits per heavy atom. The molecule has 0 radical (unpaired) electrons. The minimum atomic E-state index is -3.83. The number of carboxylic acid groups (broad SMARTS) is 1. The van der Waals surface area contributed by atoms with Crippen LogP contribution >= 0.6 is 15.9 Å². The van der Waals surface area contributed by atoms with Crippen molar-refractivity contribution in [3.05, 3.63) is 28.2 Å². The maximum Gasteiger partial charge on any atom is 0.336 e. The van der Waals surface area contributed by atoms with Crippen LogP contribution in [0.25, 0.3) is 0 Å². The molecule has 0 aliphatic rings. The summed E-state index contributed by atoms with van der Waals surface area (Å²) in [5, 5.41) is 9.00. The zero-order valence-corrected chi connectivity index (χ0v) is 13.9. The van der Waals surface area contributed by atoms with Gasteiger partial charge in [0.2, 0.25) is 10.0 Å². The first-order valence-corrected chi connectivity index (χ1v) is 8.13. The van der Waals surface area contributed by atoms with Gasteiger partial charge in [-0.05, 0) is 34.1 Å². The second-order valence-corrected chi connectivity index (χ2v) is 6.73. The molecule has 9 heteroatoms. The maximum absolute atomic E-state index is 12.1. The van der Waals surface area contributed by atoms with Gasteiger partial charge in [0.15, 0.2) is 0 Å². The van der Waals surface area contributed by atoms with Gasteiger partial charge in [-0.15, -0.1) is 0 Å². The standard InChI is InChI=1S/C12H16BrNO6S/c1-19-7-8(20-2)6-14-21(17,18)9-3-4-11(13)10(5-9)12(15)16/h3-5,8,14H,6-7H2,1-2H3,(H,15,16). The van der Waals surface area contributed by atoms with Crippen molar-refractivity contribution in [1.82, 2.24) is 4.72 Å². The zero-order valence-electron chi connectivity index (χ0n) is 11.5. The van der Waals surface area contributed by atoms with Crippen LogP contribution in [0.4, 0.5) is 0 Å². The number of hydrogen-bond donors (Lipinski definition) is 2. The van der Waals surface area contributed by atoms with Gasteiger partial charge >= 0.3 is 5.97 Å². The van der Waals surface area contributed by atoms with Gasteiger partial charge in [0.25, 0.3) is 0 Å². The molecule has 0 spiro atoms. The number of sulfonamides is 1. The van der Waals surface area contributed by atoms with E-state index in [1.54, 1.807) is 0 Å². The summed E-state index contributed by atoms with van der Waals surface area (Å²) in [5.74, 6) is -1.21. The molecular weight excluding hydrogens is 366 g/mol. The number of carbonyl (C=O) groups is 1. The van der Waals surface area contributed by atoms with Gasteiger partial charge in [-0.2, -0.15) is 0 Å². The monoisotopic (exact) mass is 381 g/mol. The summed E-state index contributed by atoms with van der Waals surface area (Å²) in [7, 11) is -0.901. The van der Waals surface area contributed by atoms with Gasteiger partial charge in [-0.1, -0.05) is 0 Å². The Labute approximate surface area is 131 Å². The second kappa shape index (κ2) is 7.85. The lowest BCUT2D eigenvalue weighted by atomic mass is 10.2.